The van der Waals surface area contributed by atoms with Crippen LogP contribution in [0.25, 0.3) is 0 Å². The van der Waals surface area contributed by atoms with Crippen molar-refractivity contribution in [3.05, 3.63) is 0 Å². The van der Waals surface area contributed by atoms with Crippen LogP contribution in [0.2, 0.25) is 0 Å². The quantitative estimate of drug-likeness (QED) is 0.816. The van der Waals surface area contributed by atoms with E-state index in [1.165, 1.54) is 38.5 Å². The monoisotopic (exact) mass is 295 g/mol. The van der Waals surface area contributed by atoms with Crippen LogP contribution in [-0.2, 0) is 4.79 Å². The summed E-state index contributed by atoms with van der Waals surface area (Å²) < 4.78 is 0. The van der Waals surface area contributed by atoms with Gasteiger partial charge in [-0.3, -0.25) is 9.69 Å². The molecule has 2 fully saturated rings. The predicted molar refractivity (Wildman–Crippen MR) is 87.4 cm³/mol. The summed E-state index contributed by atoms with van der Waals surface area (Å²) in [6.07, 6.45) is 8.56. The Morgan fingerprint density at radius 1 is 1.24 bits per heavy atom. The molecule has 2 saturated heterocycles. The highest BCUT2D eigenvalue weighted by Crippen LogP contribution is 2.15. The van der Waals surface area contributed by atoms with E-state index in [1.807, 2.05) is 0 Å². The van der Waals surface area contributed by atoms with Crippen molar-refractivity contribution < 1.29 is 4.79 Å². The summed E-state index contributed by atoms with van der Waals surface area (Å²) in [5.41, 5.74) is 0. The largest absolute Gasteiger partial charge is 0.341 e. The van der Waals surface area contributed by atoms with Gasteiger partial charge in [0.15, 0.2) is 0 Å². The summed E-state index contributed by atoms with van der Waals surface area (Å²) in [7, 11) is 0. The number of nitrogens with zero attached hydrogens (tertiary/aromatic N) is 2. The van der Waals surface area contributed by atoms with Crippen molar-refractivity contribution in [1.82, 2.24) is 15.1 Å². The van der Waals surface area contributed by atoms with E-state index in [0.717, 1.165) is 39.1 Å². The maximum absolute atomic E-state index is 12.8. The first-order chi connectivity index (χ1) is 10.2. The van der Waals surface area contributed by atoms with Gasteiger partial charge in [-0.25, -0.2) is 0 Å². The Hall–Kier alpha value is -0.610. The van der Waals surface area contributed by atoms with Crippen molar-refractivity contribution in [3.63, 3.8) is 0 Å². The van der Waals surface area contributed by atoms with Crippen LogP contribution in [-0.4, -0.2) is 60.5 Å². The molecule has 122 valence electrons. The lowest BCUT2D eigenvalue weighted by atomic mass is 10.1. The van der Waals surface area contributed by atoms with Crippen LogP contribution in [0.5, 0.6) is 0 Å². The molecule has 0 bridgehead atoms. The van der Waals surface area contributed by atoms with E-state index in [1.54, 1.807) is 0 Å². The van der Waals surface area contributed by atoms with Gasteiger partial charge in [0.25, 0.3) is 0 Å². The van der Waals surface area contributed by atoms with E-state index in [0.29, 0.717) is 11.9 Å². The van der Waals surface area contributed by atoms with Crippen molar-refractivity contribution in [1.29, 1.82) is 0 Å². The van der Waals surface area contributed by atoms with Gasteiger partial charge in [-0.05, 0) is 52.1 Å². The molecule has 2 rings (SSSR count). The summed E-state index contributed by atoms with van der Waals surface area (Å²) in [5.74, 6) is 0.350. The lowest BCUT2D eigenvalue weighted by molar-refractivity contribution is -0.136. The second-order valence-electron chi connectivity index (χ2n) is 6.70. The summed E-state index contributed by atoms with van der Waals surface area (Å²) >= 11 is 0. The Kier molecular flexibility index (Phi) is 6.97. The molecule has 0 radical (unpaired) electrons. The Balaban J connectivity index is 1.91. The molecule has 2 aliphatic heterocycles. The van der Waals surface area contributed by atoms with Crippen molar-refractivity contribution in [2.24, 2.45) is 0 Å². The summed E-state index contributed by atoms with van der Waals surface area (Å²) in [4.78, 5) is 17.3. The number of nitrogens with one attached hydrogen (secondary N) is 1. The molecule has 0 spiro atoms. The van der Waals surface area contributed by atoms with Gasteiger partial charge < -0.3 is 10.2 Å². The average molecular weight is 295 g/mol. The van der Waals surface area contributed by atoms with Gasteiger partial charge in [0.1, 0.15) is 0 Å². The van der Waals surface area contributed by atoms with E-state index in [9.17, 15) is 4.79 Å². The van der Waals surface area contributed by atoms with Crippen LogP contribution in [0.3, 0.4) is 0 Å². The zero-order valence-corrected chi connectivity index (χ0v) is 13.9. The number of likely N-dealkylation sites (tertiary alicyclic amines) is 1. The second kappa shape index (κ2) is 8.74. The number of carbonyl (C=O) groups is 1. The van der Waals surface area contributed by atoms with E-state index < -0.39 is 0 Å². The average Bonchev–Trinajstić information content (AvgIpc) is 2.85. The third-order valence-corrected chi connectivity index (χ3v) is 4.95. The molecule has 2 heterocycles. The van der Waals surface area contributed by atoms with E-state index in [2.05, 4.69) is 29.0 Å². The molecule has 2 atom stereocenters. The SMILES string of the molecule is CCCN(CC1CCCN1)C(C)C(=O)N1CCCCCC1. The van der Waals surface area contributed by atoms with Crippen molar-refractivity contribution in [2.75, 3.05) is 32.7 Å². The van der Waals surface area contributed by atoms with Crippen molar-refractivity contribution in [3.8, 4) is 0 Å². The van der Waals surface area contributed by atoms with E-state index >= 15 is 0 Å². The van der Waals surface area contributed by atoms with Gasteiger partial charge in [0, 0.05) is 25.7 Å². The first kappa shape index (κ1) is 16.8. The highest BCUT2D eigenvalue weighted by Gasteiger charge is 2.28. The van der Waals surface area contributed by atoms with Crippen LogP contribution in [0, 0.1) is 0 Å². The molecule has 21 heavy (non-hydrogen) atoms. The van der Waals surface area contributed by atoms with Gasteiger partial charge in [0.2, 0.25) is 5.91 Å². The smallest absolute Gasteiger partial charge is 0.239 e. The lowest BCUT2D eigenvalue weighted by Crippen LogP contribution is -2.50. The minimum atomic E-state index is 0.0328. The molecule has 0 aliphatic carbocycles. The number of amides is 1. The highest BCUT2D eigenvalue weighted by molar-refractivity contribution is 5.81. The van der Waals surface area contributed by atoms with Gasteiger partial charge in [-0.1, -0.05) is 19.8 Å². The topological polar surface area (TPSA) is 35.6 Å². The van der Waals surface area contributed by atoms with Crippen molar-refractivity contribution >= 4 is 5.91 Å². The van der Waals surface area contributed by atoms with Crippen LogP contribution in [0.15, 0.2) is 0 Å². The maximum Gasteiger partial charge on any atom is 0.239 e. The maximum atomic E-state index is 12.8. The Morgan fingerprint density at radius 2 is 1.95 bits per heavy atom. The van der Waals surface area contributed by atoms with Gasteiger partial charge in [0.05, 0.1) is 6.04 Å². The third kappa shape index (κ3) is 4.96. The van der Waals surface area contributed by atoms with E-state index in [-0.39, 0.29) is 6.04 Å². The van der Waals surface area contributed by atoms with Crippen molar-refractivity contribution in [2.45, 2.75) is 70.9 Å². The van der Waals surface area contributed by atoms with Crippen LogP contribution < -0.4 is 5.32 Å². The standard InChI is InChI=1S/C17H33N3O/c1-3-11-20(14-16-9-8-10-18-16)15(2)17(21)19-12-6-4-5-7-13-19/h15-16,18H,3-14H2,1-2H3. The minimum Gasteiger partial charge on any atom is -0.341 e. The van der Waals surface area contributed by atoms with Crippen LogP contribution in [0.1, 0.15) is 58.8 Å². The van der Waals surface area contributed by atoms with Crippen LogP contribution in [0.4, 0.5) is 0 Å². The molecule has 0 aromatic rings. The molecule has 4 nitrogen and oxygen atoms in total. The number of hydrogen-bond acceptors (Lipinski definition) is 3. The first-order valence-electron chi connectivity index (χ1n) is 8.98. The molecule has 0 aromatic heterocycles. The predicted octanol–water partition coefficient (Wildman–Crippen LogP) is 2.24. The van der Waals surface area contributed by atoms with Crippen LogP contribution >= 0.6 is 0 Å². The fourth-order valence-electron chi connectivity index (χ4n) is 3.64. The van der Waals surface area contributed by atoms with Gasteiger partial charge >= 0.3 is 0 Å². The molecule has 0 aromatic carbocycles. The Morgan fingerprint density at radius 3 is 2.52 bits per heavy atom. The van der Waals surface area contributed by atoms with E-state index in [4.69, 9.17) is 0 Å². The summed E-state index contributed by atoms with van der Waals surface area (Å²) in [5, 5.41) is 3.56. The fourth-order valence-corrected chi connectivity index (χ4v) is 3.64. The molecular weight excluding hydrogens is 262 g/mol. The zero-order valence-electron chi connectivity index (χ0n) is 13.9. The highest BCUT2D eigenvalue weighted by atomic mass is 16.2. The zero-order chi connectivity index (χ0) is 15.1. The molecule has 2 unspecified atom stereocenters. The summed E-state index contributed by atoms with van der Waals surface area (Å²) in [6, 6.07) is 0.612. The number of carbonyl (C=O) groups excluding carboxylic acids is 1. The Labute approximate surface area is 130 Å². The number of hydrogen-bond donors (Lipinski definition) is 1. The summed E-state index contributed by atoms with van der Waals surface area (Å²) in [6.45, 7) is 9.43. The fraction of sp³-hybridized carbons (Fsp3) is 0.941. The lowest BCUT2D eigenvalue weighted by Gasteiger charge is -2.33. The number of rotatable bonds is 6. The molecule has 0 saturated carbocycles. The molecule has 1 amide bonds. The second-order valence-corrected chi connectivity index (χ2v) is 6.70. The molecular formula is C17H33N3O. The Bertz CT molecular complexity index is 307. The molecule has 4 heteroatoms. The first-order valence-corrected chi connectivity index (χ1v) is 8.98. The molecule has 2 aliphatic rings. The minimum absolute atomic E-state index is 0.0328. The molecule has 1 N–H and O–H groups in total. The normalized spacial score (nSPS) is 25.1. The van der Waals surface area contributed by atoms with Gasteiger partial charge in [-0.2, -0.15) is 0 Å². The third-order valence-electron chi connectivity index (χ3n) is 4.95. The van der Waals surface area contributed by atoms with Gasteiger partial charge in [-0.15, -0.1) is 0 Å².